The van der Waals surface area contributed by atoms with E-state index >= 15 is 0 Å². The Bertz CT molecular complexity index is 536. The van der Waals surface area contributed by atoms with Crippen molar-refractivity contribution < 1.29 is 0 Å². The van der Waals surface area contributed by atoms with Crippen LogP contribution in [0.3, 0.4) is 0 Å². The lowest BCUT2D eigenvalue weighted by Crippen LogP contribution is -2.21. The highest BCUT2D eigenvalue weighted by Crippen LogP contribution is 2.33. The van der Waals surface area contributed by atoms with Gasteiger partial charge in [-0.2, -0.15) is 0 Å². The molecule has 0 saturated heterocycles. The summed E-state index contributed by atoms with van der Waals surface area (Å²) in [6, 6.07) is 8.23. The van der Waals surface area contributed by atoms with Gasteiger partial charge < -0.3 is 5.32 Å². The Morgan fingerprint density at radius 2 is 2.05 bits per heavy atom. The molecule has 1 unspecified atom stereocenters. The number of hydrogen-bond acceptors (Lipinski definition) is 3. The Labute approximate surface area is 127 Å². The van der Waals surface area contributed by atoms with E-state index in [0.717, 1.165) is 22.3 Å². The predicted molar refractivity (Wildman–Crippen MR) is 86.8 cm³/mol. The minimum Gasteiger partial charge on any atom is -0.319 e. The van der Waals surface area contributed by atoms with Crippen LogP contribution in [0.1, 0.15) is 24.8 Å². The molecule has 0 fully saturated rings. The first kappa shape index (κ1) is 14.7. The zero-order valence-electron chi connectivity index (χ0n) is 11.5. The van der Waals surface area contributed by atoms with Gasteiger partial charge in [-0.15, -0.1) is 11.3 Å². The maximum Gasteiger partial charge on any atom is 0.0978 e. The number of rotatable bonds is 5. The first-order chi connectivity index (χ1) is 9.13. The van der Waals surface area contributed by atoms with Crippen molar-refractivity contribution in [3.8, 4) is 11.3 Å². The van der Waals surface area contributed by atoms with Crippen molar-refractivity contribution in [3.05, 3.63) is 39.1 Å². The van der Waals surface area contributed by atoms with Gasteiger partial charge in [0.15, 0.2) is 0 Å². The van der Waals surface area contributed by atoms with E-state index in [0.29, 0.717) is 11.8 Å². The zero-order chi connectivity index (χ0) is 13.8. The molecular weight excluding hydrogens is 320 g/mol. The molecule has 0 aliphatic heterocycles. The number of nitrogens with zero attached hydrogens (tertiary/aromatic N) is 1. The highest BCUT2D eigenvalue weighted by molar-refractivity contribution is 9.10. The first-order valence-electron chi connectivity index (χ1n) is 6.48. The summed E-state index contributed by atoms with van der Waals surface area (Å²) >= 11 is 5.35. The smallest absolute Gasteiger partial charge is 0.0978 e. The van der Waals surface area contributed by atoms with Gasteiger partial charge in [0.1, 0.15) is 0 Å². The van der Waals surface area contributed by atoms with Gasteiger partial charge in [-0.05, 0) is 19.0 Å². The van der Waals surface area contributed by atoms with Crippen LogP contribution in [-0.4, -0.2) is 18.6 Å². The summed E-state index contributed by atoms with van der Waals surface area (Å²) < 4.78 is 1.10. The van der Waals surface area contributed by atoms with E-state index < -0.39 is 0 Å². The topological polar surface area (TPSA) is 24.9 Å². The van der Waals surface area contributed by atoms with Gasteiger partial charge in [0.25, 0.3) is 0 Å². The number of thiazole rings is 1. The van der Waals surface area contributed by atoms with Crippen molar-refractivity contribution in [2.75, 3.05) is 13.6 Å². The lowest BCUT2D eigenvalue weighted by Gasteiger charge is -2.17. The third-order valence-electron chi connectivity index (χ3n) is 3.22. The standard InChI is InChI=1S/C15H19BrN2S/c1-10(2)12(8-17-3)15-18-14(9-19-15)11-6-4-5-7-13(11)16/h4-7,9-10,12,17H,8H2,1-3H3. The van der Waals surface area contributed by atoms with Crippen molar-refractivity contribution in [2.45, 2.75) is 19.8 Å². The highest BCUT2D eigenvalue weighted by Gasteiger charge is 2.19. The van der Waals surface area contributed by atoms with Crippen LogP contribution in [0.5, 0.6) is 0 Å². The number of halogens is 1. The molecule has 0 bridgehead atoms. The van der Waals surface area contributed by atoms with E-state index in [1.165, 1.54) is 5.01 Å². The van der Waals surface area contributed by atoms with Gasteiger partial charge in [-0.1, -0.05) is 48.0 Å². The van der Waals surface area contributed by atoms with Crippen LogP contribution in [0.25, 0.3) is 11.3 Å². The van der Waals surface area contributed by atoms with E-state index in [-0.39, 0.29) is 0 Å². The van der Waals surface area contributed by atoms with Crippen LogP contribution in [0, 0.1) is 5.92 Å². The number of hydrogen-bond donors (Lipinski definition) is 1. The number of benzene rings is 1. The van der Waals surface area contributed by atoms with Crippen molar-refractivity contribution in [3.63, 3.8) is 0 Å². The third kappa shape index (κ3) is 3.44. The average Bonchev–Trinajstić information content (AvgIpc) is 2.85. The fourth-order valence-corrected chi connectivity index (χ4v) is 3.66. The molecular formula is C15H19BrN2S. The van der Waals surface area contributed by atoms with Gasteiger partial charge in [-0.3, -0.25) is 0 Å². The molecule has 0 radical (unpaired) electrons. The lowest BCUT2D eigenvalue weighted by atomic mass is 9.96. The Morgan fingerprint density at radius 3 is 2.68 bits per heavy atom. The second-order valence-corrected chi connectivity index (χ2v) is 6.70. The van der Waals surface area contributed by atoms with Gasteiger partial charge in [0, 0.05) is 27.9 Å². The molecule has 19 heavy (non-hydrogen) atoms. The lowest BCUT2D eigenvalue weighted by molar-refractivity contribution is 0.477. The molecule has 4 heteroatoms. The third-order valence-corrected chi connectivity index (χ3v) is 4.89. The molecule has 2 nitrogen and oxygen atoms in total. The first-order valence-corrected chi connectivity index (χ1v) is 8.15. The average molecular weight is 339 g/mol. The van der Waals surface area contributed by atoms with Gasteiger partial charge in [0.2, 0.25) is 0 Å². The van der Waals surface area contributed by atoms with Crippen LogP contribution >= 0.6 is 27.3 Å². The Morgan fingerprint density at radius 1 is 1.32 bits per heavy atom. The fraction of sp³-hybridized carbons (Fsp3) is 0.400. The molecule has 0 aliphatic carbocycles. The molecule has 0 saturated carbocycles. The van der Waals surface area contributed by atoms with E-state index in [1.54, 1.807) is 11.3 Å². The molecule has 0 spiro atoms. The van der Waals surface area contributed by atoms with Crippen LogP contribution in [0.4, 0.5) is 0 Å². The maximum atomic E-state index is 4.83. The molecule has 1 aromatic carbocycles. The Balaban J connectivity index is 2.30. The molecule has 102 valence electrons. The molecule has 1 aromatic heterocycles. The molecule has 0 aliphatic rings. The molecule has 2 aromatic rings. The van der Waals surface area contributed by atoms with E-state index in [2.05, 4.69) is 52.6 Å². The Hall–Kier alpha value is -0.710. The normalized spacial score (nSPS) is 12.9. The minimum atomic E-state index is 0.478. The zero-order valence-corrected chi connectivity index (χ0v) is 13.9. The van der Waals surface area contributed by atoms with Crippen LogP contribution < -0.4 is 5.32 Å². The summed E-state index contributed by atoms with van der Waals surface area (Å²) in [5.74, 6) is 1.07. The second kappa shape index (κ2) is 6.64. The summed E-state index contributed by atoms with van der Waals surface area (Å²) in [4.78, 5) is 4.83. The van der Waals surface area contributed by atoms with Crippen LogP contribution in [0.2, 0.25) is 0 Å². The quantitative estimate of drug-likeness (QED) is 0.866. The summed E-state index contributed by atoms with van der Waals surface area (Å²) in [6.07, 6.45) is 0. The molecule has 1 atom stereocenters. The molecule has 2 rings (SSSR count). The van der Waals surface area contributed by atoms with Gasteiger partial charge >= 0.3 is 0 Å². The second-order valence-electron chi connectivity index (χ2n) is 4.96. The Kier molecular flexibility index (Phi) is 5.13. The van der Waals surface area contributed by atoms with E-state index in [4.69, 9.17) is 4.98 Å². The van der Waals surface area contributed by atoms with Crippen molar-refractivity contribution in [2.24, 2.45) is 5.92 Å². The summed E-state index contributed by atoms with van der Waals surface area (Å²) in [6.45, 7) is 5.48. The largest absolute Gasteiger partial charge is 0.319 e. The van der Waals surface area contributed by atoms with Gasteiger partial charge in [0.05, 0.1) is 10.7 Å². The van der Waals surface area contributed by atoms with E-state index in [1.807, 2.05) is 19.2 Å². The van der Waals surface area contributed by atoms with Gasteiger partial charge in [-0.25, -0.2) is 4.98 Å². The molecule has 1 N–H and O–H groups in total. The summed E-state index contributed by atoms with van der Waals surface area (Å²) in [5.41, 5.74) is 2.23. The summed E-state index contributed by atoms with van der Waals surface area (Å²) in [7, 11) is 2.00. The SMILES string of the molecule is CNCC(c1nc(-c2ccccc2Br)cs1)C(C)C. The summed E-state index contributed by atoms with van der Waals surface area (Å²) in [5, 5.41) is 6.64. The highest BCUT2D eigenvalue weighted by atomic mass is 79.9. The maximum absolute atomic E-state index is 4.83. The van der Waals surface area contributed by atoms with Crippen molar-refractivity contribution in [1.29, 1.82) is 0 Å². The number of aromatic nitrogens is 1. The van der Waals surface area contributed by atoms with Crippen LogP contribution in [0.15, 0.2) is 34.1 Å². The predicted octanol–water partition coefficient (Wildman–Crippen LogP) is 4.53. The van der Waals surface area contributed by atoms with E-state index in [9.17, 15) is 0 Å². The number of likely N-dealkylation sites (N-methyl/N-ethyl adjacent to an activating group) is 1. The molecule has 1 heterocycles. The minimum absolute atomic E-state index is 0.478. The number of nitrogens with one attached hydrogen (secondary N) is 1. The van der Waals surface area contributed by atoms with Crippen LogP contribution in [-0.2, 0) is 0 Å². The van der Waals surface area contributed by atoms with Crippen molar-refractivity contribution >= 4 is 27.3 Å². The van der Waals surface area contributed by atoms with Crippen molar-refractivity contribution in [1.82, 2.24) is 10.3 Å². The fourth-order valence-electron chi connectivity index (χ4n) is 2.08. The molecule has 0 amide bonds. The monoisotopic (exact) mass is 338 g/mol.